The van der Waals surface area contributed by atoms with E-state index in [-0.39, 0.29) is 0 Å². The number of allylic oxidation sites excluding steroid dienone is 4. The molecule has 0 aliphatic carbocycles. The minimum atomic E-state index is 1.16. The van der Waals surface area contributed by atoms with Crippen LogP contribution in [0.15, 0.2) is 24.3 Å². The van der Waals surface area contributed by atoms with Crippen LogP contribution in [0.3, 0.4) is 0 Å². The molecule has 90 valence electrons. The summed E-state index contributed by atoms with van der Waals surface area (Å²) in [5.41, 5.74) is 0. The van der Waals surface area contributed by atoms with Gasteiger partial charge < -0.3 is 0 Å². The first-order chi connectivity index (χ1) is 7.33. The van der Waals surface area contributed by atoms with E-state index in [1.165, 1.54) is 38.5 Å². The maximum absolute atomic E-state index is 2.30. The predicted octanol–water partition coefficient (Wildman–Crippen LogP) is 5.90. The summed E-state index contributed by atoms with van der Waals surface area (Å²) in [4.78, 5) is 0. The summed E-state index contributed by atoms with van der Waals surface area (Å²) in [5, 5.41) is 0. The molecule has 0 bridgehead atoms. The average Bonchev–Trinajstić information content (AvgIpc) is 2.25. The number of rotatable bonds is 7. The number of hydrogen-bond donors (Lipinski definition) is 0. The van der Waals surface area contributed by atoms with Crippen molar-refractivity contribution < 1.29 is 0 Å². The third-order valence-corrected chi connectivity index (χ3v) is 2.10. The molecule has 0 aliphatic heterocycles. The van der Waals surface area contributed by atoms with Crippen LogP contribution in [0.25, 0.3) is 0 Å². The second-order valence-corrected chi connectivity index (χ2v) is 3.71. The number of hydrogen-bond acceptors (Lipinski definition) is 0. The van der Waals surface area contributed by atoms with E-state index in [4.69, 9.17) is 0 Å². The second kappa shape index (κ2) is 19.1. The minimum Gasteiger partial charge on any atom is -0.0917 e. The van der Waals surface area contributed by atoms with Gasteiger partial charge in [-0.25, -0.2) is 0 Å². The number of unbranched alkanes of at least 4 members (excludes halogenated alkanes) is 4. The lowest BCUT2D eigenvalue weighted by atomic mass is 10.1. The zero-order chi connectivity index (χ0) is 11.8. The Morgan fingerprint density at radius 1 is 0.733 bits per heavy atom. The molecule has 0 spiro atoms. The minimum absolute atomic E-state index is 1.16. The molecule has 0 rings (SSSR count). The quantitative estimate of drug-likeness (QED) is 0.363. The van der Waals surface area contributed by atoms with Crippen LogP contribution in [0.4, 0.5) is 0 Å². The zero-order valence-corrected chi connectivity index (χ0v) is 11.3. The van der Waals surface area contributed by atoms with Crippen LogP contribution in [-0.2, 0) is 0 Å². The molecule has 0 saturated heterocycles. The molecule has 0 aromatic heterocycles. The van der Waals surface area contributed by atoms with Gasteiger partial charge in [-0.2, -0.15) is 0 Å². The molecular formula is C15H30. The summed E-state index contributed by atoms with van der Waals surface area (Å²) in [7, 11) is 0. The molecule has 0 amide bonds. The third kappa shape index (κ3) is 24.7. The van der Waals surface area contributed by atoms with Gasteiger partial charge in [0.25, 0.3) is 0 Å². The molecule has 0 heterocycles. The van der Waals surface area contributed by atoms with Gasteiger partial charge in [0.15, 0.2) is 0 Å². The Balaban J connectivity index is 0. The van der Waals surface area contributed by atoms with Crippen LogP contribution in [0, 0.1) is 0 Å². The first kappa shape index (κ1) is 16.9. The van der Waals surface area contributed by atoms with E-state index >= 15 is 0 Å². The van der Waals surface area contributed by atoms with E-state index in [1.54, 1.807) is 0 Å². The summed E-state index contributed by atoms with van der Waals surface area (Å²) in [5.74, 6) is 0. The average molecular weight is 210 g/mol. The van der Waals surface area contributed by atoms with Crippen LogP contribution >= 0.6 is 0 Å². The van der Waals surface area contributed by atoms with Crippen molar-refractivity contribution in [2.75, 3.05) is 0 Å². The lowest BCUT2D eigenvalue weighted by Gasteiger charge is -1.92. The summed E-state index contributed by atoms with van der Waals surface area (Å²) >= 11 is 0. The van der Waals surface area contributed by atoms with Gasteiger partial charge in [0.2, 0.25) is 0 Å². The summed E-state index contributed by atoms with van der Waals surface area (Å²) < 4.78 is 0. The highest BCUT2D eigenvalue weighted by atomic mass is 13.9. The molecule has 0 aliphatic rings. The molecule has 0 unspecified atom stereocenters. The lowest BCUT2D eigenvalue weighted by Crippen LogP contribution is -1.73. The highest BCUT2D eigenvalue weighted by Gasteiger charge is 1.82. The highest BCUT2D eigenvalue weighted by Crippen LogP contribution is 2.02. The van der Waals surface area contributed by atoms with Crippen LogP contribution in [0.5, 0.6) is 0 Å². The molecule has 0 aromatic rings. The molecular weight excluding hydrogens is 180 g/mol. The Bertz CT molecular complexity index is 131. The third-order valence-electron chi connectivity index (χ3n) is 2.10. The van der Waals surface area contributed by atoms with E-state index < -0.39 is 0 Å². The first-order valence-electron chi connectivity index (χ1n) is 6.59. The van der Waals surface area contributed by atoms with E-state index in [0.29, 0.717) is 0 Å². The van der Waals surface area contributed by atoms with E-state index in [2.05, 4.69) is 45.1 Å². The normalized spacial score (nSPS) is 10.7. The van der Waals surface area contributed by atoms with E-state index in [1.807, 2.05) is 6.92 Å². The molecule has 0 fully saturated rings. The molecule has 0 nitrogen and oxygen atoms in total. The maximum atomic E-state index is 2.30. The SMILES string of the molecule is CC=CCC.CCC=CCCCCCC. The van der Waals surface area contributed by atoms with E-state index in [0.717, 1.165) is 6.42 Å². The lowest BCUT2D eigenvalue weighted by molar-refractivity contribution is 0.674. The van der Waals surface area contributed by atoms with Crippen LogP contribution < -0.4 is 0 Å². The summed E-state index contributed by atoms with van der Waals surface area (Å²) in [6.07, 6.45) is 17.9. The van der Waals surface area contributed by atoms with Gasteiger partial charge in [-0.15, -0.1) is 0 Å². The summed E-state index contributed by atoms with van der Waals surface area (Å²) in [6.45, 7) is 8.59. The largest absolute Gasteiger partial charge is 0.0917 e. The fraction of sp³-hybridized carbons (Fsp3) is 0.733. The Morgan fingerprint density at radius 3 is 1.80 bits per heavy atom. The van der Waals surface area contributed by atoms with E-state index in [9.17, 15) is 0 Å². The van der Waals surface area contributed by atoms with Crippen molar-refractivity contribution >= 4 is 0 Å². The summed E-state index contributed by atoms with van der Waals surface area (Å²) in [6, 6.07) is 0. The van der Waals surface area contributed by atoms with Gasteiger partial charge in [-0.3, -0.25) is 0 Å². The second-order valence-electron chi connectivity index (χ2n) is 3.71. The zero-order valence-electron chi connectivity index (χ0n) is 11.3. The Labute approximate surface area is 97.5 Å². The fourth-order valence-corrected chi connectivity index (χ4v) is 1.21. The van der Waals surface area contributed by atoms with Gasteiger partial charge in [-0.1, -0.05) is 64.3 Å². The van der Waals surface area contributed by atoms with Gasteiger partial charge >= 0.3 is 0 Å². The van der Waals surface area contributed by atoms with Crippen molar-refractivity contribution in [2.45, 2.75) is 72.6 Å². The molecule has 0 atom stereocenters. The Kier molecular flexibility index (Phi) is 21.5. The van der Waals surface area contributed by atoms with Crippen molar-refractivity contribution in [3.8, 4) is 0 Å². The topological polar surface area (TPSA) is 0 Å². The van der Waals surface area contributed by atoms with Crippen molar-refractivity contribution in [1.82, 2.24) is 0 Å². The van der Waals surface area contributed by atoms with Gasteiger partial charge in [0.05, 0.1) is 0 Å². The first-order valence-corrected chi connectivity index (χ1v) is 6.59. The fourth-order valence-electron chi connectivity index (χ4n) is 1.21. The van der Waals surface area contributed by atoms with Gasteiger partial charge in [0, 0.05) is 0 Å². The molecule has 0 N–H and O–H groups in total. The molecule has 15 heavy (non-hydrogen) atoms. The van der Waals surface area contributed by atoms with Crippen molar-refractivity contribution in [3.63, 3.8) is 0 Å². The van der Waals surface area contributed by atoms with Crippen LogP contribution in [-0.4, -0.2) is 0 Å². The molecule has 0 radical (unpaired) electrons. The molecule has 0 heteroatoms. The van der Waals surface area contributed by atoms with Crippen molar-refractivity contribution in [1.29, 1.82) is 0 Å². The van der Waals surface area contributed by atoms with Crippen molar-refractivity contribution in [3.05, 3.63) is 24.3 Å². The Hall–Kier alpha value is -0.520. The monoisotopic (exact) mass is 210 g/mol. The Morgan fingerprint density at radius 2 is 1.40 bits per heavy atom. The smallest absolute Gasteiger partial charge is 0.0351 e. The molecule has 0 saturated carbocycles. The highest BCUT2D eigenvalue weighted by molar-refractivity contribution is 4.79. The predicted molar refractivity (Wildman–Crippen MR) is 73.3 cm³/mol. The van der Waals surface area contributed by atoms with Gasteiger partial charge in [0.1, 0.15) is 0 Å². The van der Waals surface area contributed by atoms with Crippen molar-refractivity contribution in [2.24, 2.45) is 0 Å². The molecule has 0 aromatic carbocycles. The van der Waals surface area contributed by atoms with Gasteiger partial charge in [-0.05, 0) is 32.6 Å². The van der Waals surface area contributed by atoms with Crippen LogP contribution in [0.1, 0.15) is 72.6 Å². The van der Waals surface area contributed by atoms with Crippen LogP contribution in [0.2, 0.25) is 0 Å². The maximum Gasteiger partial charge on any atom is -0.0351 e. The standard InChI is InChI=1S/C10H20.C5H10/c1-3-5-7-9-10-8-6-4-2;1-3-5-4-2/h5,7H,3-4,6,8-10H2,1-2H3;3,5H,4H2,1-2H3.